The second-order valence-electron chi connectivity index (χ2n) is 11.6. The molecule has 0 saturated carbocycles. The zero-order valence-electron chi connectivity index (χ0n) is 23.3. The highest BCUT2D eigenvalue weighted by molar-refractivity contribution is 7.89. The first-order valence-electron chi connectivity index (χ1n) is 13.9. The van der Waals surface area contributed by atoms with Gasteiger partial charge >= 0.3 is 0 Å². The summed E-state index contributed by atoms with van der Waals surface area (Å²) in [7, 11) is -1.64. The maximum atomic E-state index is 13.5. The van der Waals surface area contributed by atoms with E-state index in [0.717, 1.165) is 56.8 Å². The number of rotatable bonds is 8. The van der Waals surface area contributed by atoms with Crippen LogP contribution in [0.15, 0.2) is 54.6 Å². The number of hydrogen-bond donors (Lipinski definition) is 0. The molecule has 9 heteroatoms. The normalized spacial score (nSPS) is 23.9. The van der Waals surface area contributed by atoms with Crippen molar-refractivity contribution in [2.24, 2.45) is 11.3 Å². The van der Waals surface area contributed by atoms with Gasteiger partial charge in [0.15, 0.2) is 0 Å². The van der Waals surface area contributed by atoms with Gasteiger partial charge in [0.1, 0.15) is 5.75 Å². The number of halogens is 1. The van der Waals surface area contributed by atoms with Crippen molar-refractivity contribution in [1.29, 1.82) is 0 Å². The average Bonchev–Trinajstić information content (AvgIpc) is 3.48. The molecule has 2 aromatic carbocycles. The lowest BCUT2D eigenvalue weighted by molar-refractivity contribution is -0.139. The molecular formula is C30H42ClN3O4S. The third-order valence-electron chi connectivity index (χ3n) is 9.03. The molecule has 0 aromatic heterocycles. The zero-order valence-corrected chi connectivity index (χ0v) is 24.9. The molecule has 3 aliphatic heterocycles. The van der Waals surface area contributed by atoms with E-state index in [-0.39, 0.29) is 29.7 Å². The smallest absolute Gasteiger partial charge is 0.229 e. The Bertz CT molecular complexity index is 1210. The van der Waals surface area contributed by atoms with Gasteiger partial charge < -0.3 is 14.5 Å². The number of methoxy groups -OCH3 is 1. The molecule has 39 heavy (non-hydrogen) atoms. The average molecular weight is 576 g/mol. The highest BCUT2D eigenvalue weighted by Gasteiger charge is 2.49. The largest absolute Gasteiger partial charge is 0.497 e. The molecule has 2 aromatic rings. The Balaban J connectivity index is 0.00000353. The standard InChI is InChI=1S/C30H41N3O4S.ClH/c1-23(2)38(35,36)33-21-26(28(22-33)25-7-5-4-6-8-25)20-31-16-13-30(14-17-31)15-18-32(29(30)34)19-24-9-11-27(37-3)12-10-24;/h4-12,23,26,28H,13-22H2,1-3H3;1H/t26-,28+;/m0./s1. The summed E-state index contributed by atoms with van der Waals surface area (Å²) in [6.07, 6.45) is 2.68. The van der Waals surface area contributed by atoms with E-state index in [1.165, 1.54) is 5.56 Å². The number of nitrogens with zero attached hydrogens (tertiary/aromatic N) is 3. The first-order chi connectivity index (χ1) is 18.2. The fraction of sp³-hybridized carbons (Fsp3) is 0.567. The molecule has 0 bridgehead atoms. The van der Waals surface area contributed by atoms with E-state index in [4.69, 9.17) is 4.74 Å². The van der Waals surface area contributed by atoms with Gasteiger partial charge in [0.05, 0.1) is 17.8 Å². The fourth-order valence-corrected chi connectivity index (χ4v) is 7.92. The van der Waals surface area contributed by atoms with Gasteiger partial charge in [-0.15, -0.1) is 12.4 Å². The van der Waals surface area contributed by atoms with Crippen molar-refractivity contribution in [1.82, 2.24) is 14.1 Å². The Morgan fingerprint density at radius 2 is 1.59 bits per heavy atom. The van der Waals surface area contributed by atoms with Crippen LogP contribution in [-0.4, -0.2) is 80.1 Å². The van der Waals surface area contributed by atoms with Crippen molar-refractivity contribution >= 4 is 28.3 Å². The van der Waals surface area contributed by atoms with Gasteiger partial charge in [-0.3, -0.25) is 4.79 Å². The van der Waals surface area contributed by atoms with Crippen LogP contribution in [0.4, 0.5) is 0 Å². The van der Waals surface area contributed by atoms with Crippen LogP contribution < -0.4 is 4.74 Å². The van der Waals surface area contributed by atoms with Crippen LogP contribution in [0.3, 0.4) is 0 Å². The van der Waals surface area contributed by atoms with Gasteiger partial charge in [-0.2, -0.15) is 0 Å². The minimum atomic E-state index is -3.30. The van der Waals surface area contributed by atoms with Crippen LogP contribution in [-0.2, 0) is 21.4 Å². The maximum Gasteiger partial charge on any atom is 0.229 e. The van der Waals surface area contributed by atoms with Crippen molar-refractivity contribution in [2.75, 3.05) is 46.4 Å². The second kappa shape index (κ2) is 12.2. The van der Waals surface area contributed by atoms with Gasteiger partial charge in [0.25, 0.3) is 0 Å². The lowest BCUT2D eigenvalue weighted by atomic mass is 9.76. The summed E-state index contributed by atoms with van der Waals surface area (Å²) < 4.78 is 33.0. The SMILES string of the molecule is COc1ccc(CN2CCC3(CCN(C[C@H]4CN(S(=O)(=O)C(C)C)C[C@@H]4c4ccccc4)CC3)C2=O)cc1.Cl. The Labute approximate surface area is 240 Å². The lowest BCUT2D eigenvalue weighted by Gasteiger charge is -2.39. The number of likely N-dealkylation sites (tertiary alicyclic amines) is 2. The van der Waals surface area contributed by atoms with Crippen LogP contribution in [0.2, 0.25) is 0 Å². The van der Waals surface area contributed by atoms with Gasteiger partial charge in [-0.05, 0) is 75.4 Å². The predicted molar refractivity (Wildman–Crippen MR) is 157 cm³/mol. The zero-order chi connectivity index (χ0) is 26.9. The number of hydrogen-bond acceptors (Lipinski definition) is 5. The van der Waals surface area contributed by atoms with Gasteiger partial charge in [0, 0.05) is 38.6 Å². The molecule has 3 fully saturated rings. The highest BCUT2D eigenvalue weighted by atomic mass is 35.5. The summed E-state index contributed by atoms with van der Waals surface area (Å²) in [5.41, 5.74) is 2.10. The number of ether oxygens (including phenoxy) is 1. The van der Waals surface area contributed by atoms with E-state index < -0.39 is 15.3 Å². The fourth-order valence-electron chi connectivity index (χ4n) is 6.55. The molecular weight excluding hydrogens is 534 g/mol. The lowest BCUT2D eigenvalue weighted by Crippen LogP contribution is -2.46. The number of amides is 1. The van der Waals surface area contributed by atoms with Gasteiger partial charge in [0.2, 0.25) is 15.9 Å². The van der Waals surface area contributed by atoms with Crippen molar-refractivity contribution in [3.8, 4) is 5.75 Å². The molecule has 1 amide bonds. The first kappa shape index (κ1) is 29.8. The molecule has 0 radical (unpaired) electrons. The van der Waals surface area contributed by atoms with Crippen LogP contribution in [0.5, 0.6) is 5.75 Å². The molecule has 3 heterocycles. The summed E-state index contributed by atoms with van der Waals surface area (Å²) in [6, 6.07) is 18.3. The number of benzene rings is 2. The first-order valence-corrected chi connectivity index (χ1v) is 15.4. The molecule has 0 aliphatic carbocycles. The highest BCUT2D eigenvalue weighted by Crippen LogP contribution is 2.43. The van der Waals surface area contributed by atoms with Crippen molar-refractivity contribution in [3.05, 3.63) is 65.7 Å². The Morgan fingerprint density at radius 3 is 2.21 bits per heavy atom. The van der Waals surface area contributed by atoms with Crippen molar-refractivity contribution in [3.63, 3.8) is 0 Å². The summed E-state index contributed by atoms with van der Waals surface area (Å²) in [5.74, 6) is 1.55. The quantitative estimate of drug-likeness (QED) is 0.467. The van der Waals surface area contributed by atoms with Crippen LogP contribution >= 0.6 is 12.4 Å². The molecule has 0 unspecified atom stereocenters. The summed E-state index contributed by atoms with van der Waals surface area (Å²) in [6.45, 7) is 8.74. The Kier molecular flexibility index (Phi) is 9.31. The topological polar surface area (TPSA) is 70.2 Å². The number of piperidine rings is 1. The number of sulfonamides is 1. The van der Waals surface area contributed by atoms with Gasteiger partial charge in [-0.1, -0.05) is 42.5 Å². The molecule has 3 saturated heterocycles. The Hall–Kier alpha value is -2.13. The number of carbonyl (C=O) groups is 1. The van der Waals surface area contributed by atoms with Gasteiger partial charge in [-0.25, -0.2) is 12.7 Å². The van der Waals surface area contributed by atoms with E-state index in [1.54, 1.807) is 25.3 Å². The predicted octanol–water partition coefficient (Wildman–Crippen LogP) is 4.39. The maximum absolute atomic E-state index is 13.5. The van der Waals surface area contributed by atoms with Crippen molar-refractivity contribution in [2.45, 2.75) is 50.8 Å². The molecule has 1 spiro atoms. The van der Waals surface area contributed by atoms with Crippen molar-refractivity contribution < 1.29 is 17.9 Å². The minimum absolute atomic E-state index is 0. The van der Waals surface area contributed by atoms with E-state index in [0.29, 0.717) is 25.5 Å². The summed E-state index contributed by atoms with van der Waals surface area (Å²) in [4.78, 5) is 18.0. The van der Waals surface area contributed by atoms with E-state index in [9.17, 15) is 13.2 Å². The molecule has 7 nitrogen and oxygen atoms in total. The van der Waals surface area contributed by atoms with Crippen LogP contribution in [0.25, 0.3) is 0 Å². The third-order valence-corrected chi connectivity index (χ3v) is 11.2. The van der Waals surface area contributed by atoms with Crippen LogP contribution in [0.1, 0.15) is 50.2 Å². The van der Waals surface area contributed by atoms with E-state index in [2.05, 4.69) is 17.0 Å². The third kappa shape index (κ3) is 6.14. The second-order valence-corrected chi connectivity index (χ2v) is 14.1. The van der Waals surface area contributed by atoms with E-state index >= 15 is 0 Å². The molecule has 3 aliphatic rings. The number of carbonyl (C=O) groups excluding carboxylic acids is 1. The van der Waals surface area contributed by atoms with Crippen LogP contribution in [0, 0.1) is 11.3 Å². The Morgan fingerprint density at radius 1 is 0.949 bits per heavy atom. The summed E-state index contributed by atoms with van der Waals surface area (Å²) >= 11 is 0. The molecule has 214 valence electrons. The molecule has 2 atom stereocenters. The molecule has 0 N–H and O–H groups in total. The monoisotopic (exact) mass is 575 g/mol. The molecule has 5 rings (SSSR count). The summed E-state index contributed by atoms with van der Waals surface area (Å²) in [5, 5.41) is -0.415. The van der Waals surface area contributed by atoms with E-state index in [1.807, 2.05) is 47.4 Å². The minimum Gasteiger partial charge on any atom is -0.497 e.